The molecule has 1 aromatic heterocycles. The maximum atomic E-state index is 11.3. The van der Waals surface area contributed by atoms with E-state index in [1.165, 1.54) is 13.0 Å². The van der Waals surface area contributed by atoms with Crippen LogP contribution in [0.5, 0.6) is 0 Å². The highest BCUT2D eigenvalue weighted by Crippen LogP contribution is 2.25. The van der Waals surface area contributed by atoms with Gasteiger partial charge in [-0.1, -0.05) is 13.8 Å². The Morgan fingerprint density at radius 1 is 1.38 bits per heavy atom. The average Bonchev–Trinajstić information content (AvgIpc) is 2.69. The summed E-state index contributed by atoms with van der Waals surface area (Å²) in [6, 6.07) is 1.51. The largest absolute Gasteiger partial charge is 0.352 e. The maximum absolute atomic E-state index is 11.3. The van der Waals surface area contributed by atoms with Crippen LogP contribution >= 0.6 is 0 Å². The van der Waals surface area contributed by atoms with Crippen LogP contribution in [-0.2, 0) is 11.3 Å². The Morgan fingerprint density at radius 3 is 2.67 bits per heavy atom. The third-order valence-electron chi connectivity index (χ3n) is 3.90. The van der Waals surface area contributed by atoms with Crippen LogP contribution in [0.25, 0.3) is 0 Å². The monoisotopic (exact) mass is 294 g/mol. The van der Waals surface area contributed by atoms with E-state index in [-0.39, 0.29) is 11.9 Å². The molecule has 21 heavy (non-hydrogen) atoms. The van der Waals surface area contributed by atoms with Crippen LogP contribution in [-0.4, -0.2) is 39.9 Å². The summed E-state index contributed by atoms with van der Waals surface area (Å²) in [5.74, 6) is 0.782. The van der Waals surface area contributed by atoms with Gasteiger partial charge in [0.05, 0.1) is 0 Å². The van der Waals surface area contributed by atoms with Gasteiger partial charge in [-0.2, -0.15) is 0 Å². The molecule has 0 aliphatic carbocycles. The summed E-state index contributed by atoms with van der Waals surface area (Å²) in [7, 11) is 0. The summed E-state index contributed by atoms with van der Waals surface area (Å²) in [4.78, 5) is 40.8. The van der Waals surface area contributed by atoms with Gasteiger partial charge in [0, 0.05) is 44.4 Å². The Morgan fingerprint density at radius 2 is 2.10 bits per heavy atom. The number of likely N-dealkylation sites (tertiary alicyclic amines) is 1. The van der Waals surface area contributed by atoms with Crippen LogP contribution in [0.1, 0.15) is 26.5 Å². The van der Waals surface area contributed by atoms with E-state index in [0.29, 0.717) is 24.1 Å². The highest BCUT2D eigenvalue weighted by atomic mass is 16.2. The van der Waals surface area contributed by atoms with Gasteiger partial charge < -0.3 is 10.3 Å². The van der Waals surface area contributed by atoms with E-state index in [4.69, 9.17) is 0 Å². The first kappa shape index (κ1) is 15.5. The molecule has 1 aliphatic heterocycles. The molecule has 2 atom stereocenters. The van der Waals surface area contributed by atoms with Crippen LogP contribution in [0.3, 0.4) is 0 Å². The molecule has 1 saturated heterocycles. The minimum absolute atomic E-state index is 0.0305. The van der Waals surface area contributed by atoms with Gasteiger partial charge in [-0.25, -0.2) is 4.79 Å². The molecule has 7 heteroatoms. The van der Waals surface area contributed by atoms with E-state index in [0.717, 1.165) is 13.1 Å². The third kappa shape index (κ3) is 4.04. The van der Waals surface area contributed by atoms with Crippen LogP contribution in [0, 0.1) is 11.8 Å². The summed E-state index contributed by atoms with van der Waals surface area (Å²) < 4.78 is 0. The molecule has 2 rings (SSSR count). The lowest BCUT2D eigenvalue weighted by Gasteiger charge is -2.22. The summed E-state index contributed by atoms with van der Waals surface area (Å²) >= 11 is 0. The number of amides is 1. The standard InChI is InChI=1S/C14H22N4O3/c1-8(2)11-6-18(7-12(11)15-9(3)19)5-10-4-13(20)17-14(21)16-10/h4,8,11-12H,5-7H2,1-3H3,(H,15,19)(H2,16,17,20,21). The maximum Gasteiger partial charge on any atom is 0.325 e. The van der Waals surface area contributed by atoms with Crippen molar-refractivity contribution in [1.29, 1.82) is 0 Å². The molecule has 3 N–H and O–H groups in total. The van der Waals surface area contributed by atoms with E-state index in [1.54, 1.807) is 0 Å². The Labute approximate surface area is 122 Å². The summed E-state index contributed by atoms with van der Waals surface area (Å²) in [6.07, 6.45) is 0. The molecule has 2 heterocycles. The number of hydrogen-bond acceptors (Lipinski definition) is 4. The Balaban J connectivity index is 2.09. The van der Waals surface area contributed by atoms with Crippen molar-refractivity contribution in [2.75, 3.05) is 13.1 Å². The van der Waals surface area contributed by atoms with Crippen molar-refractivity contribution >= 4 is 5.91 Å². The first-order valence-electron chi connectivity index (χ1n) is 7.17. The number of carbonyl (C=O) groups excluding carboxylic acids is 1. The molecule has 1 aromatic rings. The number of aromatic nitrogens is 2. The SMILES string of the molecule is CC(=O)NC1CN(Cc2cc(=O)[nH]c(=O)[nH]2)CC1C(C)C. The quantitative estimate of drug-likeness (QED) is 0.707. The van der Waals surface area contributed by atoms with Gasteiger partial charge in [0.15, 0.2) is 0 Å². The molecule has 0 radical (unpaired) electrons. The molecule has 0 aromatic carbocycles. The van der Waals surface area contributed by atoms with Gasteiger partial charge >= 0.3 is 5.69 Å². The first-order chi connectivity index (χ1) is 9.85. The Hall–Kier alpha value is -1.89. The van der Waals surface area contributed by atoms with Crippen LogP contribution in [0.2, 0.25) is 0 Å². The van der Waals surface area contributed by atoms with Gasteiger partial charge in [-0.05, 0) is 11.8 Å². The third-order valence-corrected chi connectivity index (χ3v) is 3.90. The molecule has 1 amide bonds. The van der Waals surface area contributed by atoms with Crippen molar-refractivity contribution in [3.63, 3.8) is 0 Å². The minimum atomic E-state index is -0.490. The molecule has 0 spiro atoms. The molecular weight excluding hydrogens is 272 g/mol. The van der Waals surface area contributed by atoms with Crippen molar-refractivity contribution in [3.05, 3.63) is 32.6 Å². The highest BCUT2D eigenvalue weighted by Gasteiger charge is 2.35. The second-order valence-electron chi connectivity index (χ2n) is 6.02. The van der Waals surface area contributed by atoms with Crippen molar-refractivity contribution in [1.82, 2.24) is 20.2 Å². The zero-order chi connectivity index (χ0) is 15.6. The van der Waals surface area contributed by atoms with Gasteiger partial charge in [0.2, 0.25) is 5.91 Å². The smallest absolute Gasteiger partial charge is 0.325 e. The van der Waals surface area contributed by atoms with Crippen molar-refractivity contribution in [2.45, 2.75) is 33.4 Å². The fourth-order valence-electron chi connectivity index (χ4n) is 2.98. The molecule has 1 aliphatic rings. The second-order valence-corrected chi connectivity index (χ2v) is 6.02. The number of carbonyl (C=O) groups is 1. The van der Waals surface area contributed by atoms with Crippen LogP contribution < -0.4 is 16.6 Å². The average molecular weight is 294 g/mol. The lowest BCUT2D eigenvalue weighted by molar-refractivity contribution is -0.119. The molecule has 2 unspecified atom stereocenters. The fourth-order valence-corrected chi connectivity index (χ4v) is 2.98. The number of rotatable bonds is 4. The fraction of sp³-hybridized carbons (Fsp3) is 0.643. The van der Waals surface area contributed by atoms with E-state index in [1.807, 2.05) is 0 Å². The summed E-state index contributed by atoms with van der Waals surface area (Å²) in [5.41, 5.74) is -0.294. The summed E-state index contributed by atoms with van der Waals surface area (Å²) in [5, 5.41) is 2.99. The van der Waals surface area contributed by atoms with Crippen LogP contribution in [0.15, 0.2) is 15.7 Å². The Kier molecular flexibility index (Phi) is 4.62. The normalized spacial score (nSPS) is 22.7. The Bertz CT molecular complexity index is 591. The molecule has 0 bridgehead atoms. The van der Waals surface area contributed by atoms with Gasteiger partial charge in [0.25, 0.3) is 5.56 Å². The first-order valence-corrected chi connectivity index (χ1v) is 7.17. The van der Waals surface area contributed by atoms with Crippen molar-refractivity contribution < 1.29 is 4.79 Å². The number of aromatic amines is 2. The lowest BCUT2D eigenvalue weighted by Crippen LogP contribution is -2.40. The number of H-pyrrole nitrogens is 2. The van der Waals surface area contributed by atoms with Gasteiger partial charge in [-0.15, -0.1) is 0 Å². The zero-order valence-corrected chi connectivity index (χ0v) is 12.6. The molecule has 7 nitrogen and oxygen atoms in total. The van der Waals surface area contributed by atoms with E-state index < -0.39 is 11.2 Å². The van der Waals surface area contributed by atoms with Crippen molar-refractivity contribution in [2.24, 2.45) is 11.8 Å². The topological polar surface area (TPSA) is 98.1 Å². The van der Waals surface area contributed by atoms with E-state index >= 15 is 0 Å². The summed E-state index contributed by atoms with van der Waals surface area (Å²) in [6.45, 7) is 7.84. The minimum Gasteiger partial charge on any atom is -0.352 e. The molecule has 1 fully saturated rings. The van der Waals surface area contributed by atoms with E-state index in [2.05, 4.69) is 34.0 Å². The predicted molar refractivity (Wildman–Crippen MR) is 78.9 cm³/mol. The molecule has 0 saturated carbocycles. The zero-order valence-electron chi connectivity index (χ0n) is 12.6. The lowest BCUT2D eigenvalue weighted by atomic mass is 9.91. The van der Waals surface area contributed by atoms with Gasteiger partial charge in [0.1, 0.15) is 0 Å². The predicted octanol–water partition coefficient (Wildman–Crippen LogP) is -0.344. The van der Waals surface area contributed by atoms with Gasteiger partial charge in [-0.3, -0.25) is 19.5 Å². The number of hydrogen-bond donors (Lipinski definition) is 3. The van der Waals surface area contributed by atoms with Crippen LogP contribution in [0.4, 0.5) is 0 Å². The van der Waals surface area contributed by atoms with Crippen molar-refractivity contribution in [3.8, 4) is 0 Å². The number of nitrogens with one attached hydrogen (secondary N) is 3. The molecule has 116 valence electrons. The van der Waals surface area contributed by atoms with E-state index in [9.17, 15) is 14.4 Å². The number of nitrogens with zero attached hydrogens (tertiary/aromatic N) is 1. The second kappa shape index (κ2) is 6.26. The molecular formula is C14H22N4O3. The highest BCUT2D eigenvalue weighted by molar-refractivity contribution is 5.73.